The molecule has 1 aliphatic heterocycles. The summed E-state index contributed by atoms with van der Waals surface area (Å²) in [6.45, 7) is 4.61. The van der Waals surface area contributed by atoms with Crippen molar-refractivity contribution in [2.24, 2.45) is 5.92 Å². The Morgan fingerprint density at radius 2 is 1.71 bits per heavy atom. The highest BCUT2D eigenvalue weighted by atomic mass is 16.2. The second-order valence-corrected chi connectivity index (χ2v) is 8.54. The van der Waals surface area contributed by atoms with Crippen LogP contribution in [-0.2, 0) is 33.8 Å². The van der Waals surface area contributed by atoms with Crippen LogP contribution >= 0.6 is 0 Å². The van der Waals surface area contributed by atoms with Gasteiger partial charge in [-0.2, -0.15) is 0 Å². The third kappa shape index (κ3) is 6.49. The molecule has 0 aliphatic carbocycles. The van der Waals surface area contributed by atoms with E-state index in [1.807, 2.05) is 62.4 Å². The zero-order valence-electron chi connectivity index (χ0n) is 18.1. The highest BCUT2D eigenvalue weighted by Gasteiger charge is 2.29. The molecule has 6 nitrogen and oxygen atoms in total. The molecule has 1 aliphatic rings. The quantitative estimate of drug-likeness (QED) is 0.542. The SMILES string of the molecule is CC(C)C[C@@H](C=O)NC(=O)[C@H](Cc1ccccc1)NC(=O)[C@@H]1Cc2ccccc2CN1. The molecule has 0 aromatic heterocycles. The van der Waals surface area contributed by atoms with Gasteiger partial charge in [-0.15, -0.1) is 0 Å². The van der Waals surface area contributed by atoms with Gasteiger partial charge in [0.1, 0.15) is 12.3 Å². The number of amides is 2. The molecule has 2 amide bonds. The van der Waals surface area contributed by atoms with E-state index < -0.39 is 18.1 Å². The Balaban J connectivity index is 1.70. The van der Waals surface area contributed by atoms with Crippen LogP contribution in [0.15, 0.2) is 54.6 Å². The summed E-state index contributed by atoms with van der Waals surface area (Å²) in [6.07, 6.45) is 2.25. The molecule has 2 aromatic carbocycles. The number of hydrogen-bond acceptors (Lipinski definition) is 4. The van der Waals surface area contributed by atoms with E-state index in [9.17, 15) is 14.4 Å². The Morgan fingerprint density at radius 1 is 1.03 bits per heavy atom. The number of carbonyl (C=O) groups excluding carboxylic acids is 3. The lowest BCUT2D eigenvalue weighted by atomic mass is 9.95. The zero-order valence-corrected chi connectivity index (χ0v) is 18.1. The maximum atomic E-state index is 13.0. The summed E-state index contributed by atoms with van der Waals surface area (Å²) in [5, 5.41) is 8.98. The fourth-order valence-corrected chi connectivity index (χ4v) is 3.91. The smallest absolute Gasteiger partial charge is 0.243 e. The first-order valence-electron chi connectivity index (χ1n) is 10.9. The molecular formula is C25H31N3O3. The first-order valence-corrected chi connectivity index (χ1v) is 10.9. The average molecular weight is 422 g/mol. The van der Waals surface area contributed by atoms with Crippen molar-refractivity contribution in [1.82, 2.24) is 16.0 Å². The highest BCUT2D eigenvalue weighted by Crippen LogP contribution is 2.16. The molecule has 0 saturated heterocycles. The summed E-state index contributed by atoms with van der Waals surface area (Å²) < 4.78 is 0. The third-order valence-corrected chi connectivity index (χ3v) is 5.53. The minimum atomic E-state index is -0.761. The molecule has 0 spiro atoms. The molecule has 0 radical (unpaired) electrons. The monoisotopic (exact) mass is 421 g/mol. The van der Waals surface area contributed by atoms with Gasteiger partial charge in [-0.25, -0.2) is 0 Å². The Labute approximate surface area is 183 Å². The molecule has 3 atom stereocenters. The Morgan fingerprint density at radius 3 is 2.39 bits per heavy atom. The topological polar surface area (TPSA) is 87.3 Å². The summed E-state index contributed by atoms with van der Waals surface area (Å²) >= 11 is 0. The van der Waals surface area contributed by atoms with E-state index in [0.29, 0.717) is 25.8 Å². The van der Waals surface area contributed by atoms with Gasteiger partial charge >= 0.3 is 0 Å². The van der Waals surface area contributed by atoms with Crippen LogP contribution in [0.3, 0.4) is 0 Å². The Bertz CT molecular complexity index is 898. The van der Waals surface area contributed by atoms with Gasteiger partial charge in [0.05, 0.1) is 12.1 Å². The molecule has 0 saturated carbocycles. The van der Waals surface area contributed by atoms with Crippen LogP contribution < -0.4 is 16.0 Å². The minimum Gasteiger partial charge on any atom is -0.345 e. The molecule has 164 valence electrons. The lowest BCUT2D eigenvalue weighted by Gasteiger charge is -2.28. The maximum Gasteiger partial charge on any atom is 0.243 e. The summed E-state index contributed by atoms with van der Waals surface area (Å²) in [4.78, 5) is 37.5. The van der Waals surface area contributed by atoms with Gasteiger partial charge in [0.15, 0.2) is 0 Å². The van der Waals surface area contributed by atoms with E-state index in [1.54, 1.807) is 0 Å². The number of rotatable bonds is 9. The number of fused-ring (bicyclic) bond motifs is 1. The summed E-state index contributed by atoms with van der Waals surface area (Å²) in [6, 6.07) is 15.9. The van der Waals surface area contributed by atoms with E-state index in [4.69, 9.17) is 0 Å². The van der Waals surface area contributed by atoms with E-state index >= 15 is 0 Å². The molecule has 0 fully saturated rings. The van der Waals surface area contributed by atoms with Crippen molar-refractivity contribution >= 4 is 18.1 Å². The highest BCUT2D eigenvalue weighted by molar-refractivity contribution is 5.91. The van der Waals surface area contributed by atoms with Crippen LogP contribution in [0, 0.1) is 5.92 Å². The summed E-state index contributed by atoms with van der Waals surface area (Å²) in [7, 11) is 0. The summed E-state index contributed by atoms with van der Waals surface area (Å²) in [5.41, 5.74) is 3.27. The number of nitrogens with one attached hydrogen (secondary N) is 3. The minimum absolute atomic E-state index is 0.211. The largest absolute Gasteiger partial charge is 0.345 e. The molecule has 1 heterocycles. The number of benzene rings is 2. The molecule has 6 heteroatoms. The maximum absolute atomic E-state index is 13.0. The molecule has 0 unspecified atom stereocenters. The van der Waals surface area contributed by atoms with E-state index in [0.717, 1.165) is 17.4 Å². The van der Waals surface area contributed by atoms with Crippen molar-refractivity contribution in [3.63, 3.8) is 0 Å². The van der Waals surface area contributed by atoms with Crippen LogP contribution in [0.25, 0.3) is 0 Å². The van der Waals surface area contributed by atoms with Crippen LogP contribution in [0.2, 0.25) is 0 Å². The van der Waals surface area contributed by atoms with E-state index in [2.05, 4.69) is 22.0 Å². The second-order valence-electron chi connectivity index (χ2n) is 8.54. The molecule has 31 heavy (non-hydrogen) atoms. The van der Waals surface area contributed by atoms with Gasteiger partial charge in [0, 0.05) is 13.0 Å². The number of carbonyl (C=O) groups is 3. The molecule has 2 aromatic rings. The normalized spacial score (nSPS) is 17.3. The van der Waals surface area contributed by atoms with Crippen LogP contribution in [0.5, 0.6) is 0 Å². The first kappa shape index (κ1) is 22.7. The van der Waals surface area contributed by atoms with Crippen LogP contribution in [0.1, 0.15) is 37.0 Å². The van der Waals surface area contributed by atoms with Crippen molar-refractivity contribution in [3.8, 4) is 0 Å². The molecule has 3 rings (SSSR count). The molecule has 3 N–H and O–H groups in total. The van der Waals surface area contributed by atoms with Crippen molar-refractivity contribution in [3.05, 3.63) is 71.3 Å². The van der Waals surface area contributed by atoms with Crippen LogP contribution in [0.4, 0.5) is 0 Å². The predicted octanol–water partition coefficient (Wildman–Crippen LogP) is 2.16. The van der Waals surface area contributed by atoms with Gasteiger partial charge in [0.2, 0.25) is 11.8 Å². The van der Waals surface area contributed by atoms with Crippen molar-refractivity contribution in [1.29, 1.82) is 0 Å². The Kier molecular flexibility index (Phi) is 7.95. The van der Waals surface area contributed by atoms with E-state index in [1.165, 1.54) is 5.56 Å². The van der Waals surface area contributed by atoms with Gasteiger partial charge in [0.25, 0.3) is 0 Å². The Hall–Kier alpha value is -2.99. The third-order valence-electron chi connectivity index (χ3n) is 5.53. The summed E-state index contributed by atoms with van der Waals surface area (Å²) in [5.74, 6) is -0.285. The molecule has 0 bridgehead atoms. The van der Waals surface area contributed by atoms with Gasteiger partial charge < -0.3 is 20.7 Å². The van der Waals surface area contributed by atoms with Crippen LogP contribution in [-0.4, -0.2) is 36.2 Å². The fraction of sp³-hybridized carbons (Fsp3) is 0.400. The van der Waals surface area contributed by atoms with Gasteiger partial charge in [-0.3, -0.25) is 9.59 Å². The lowest BCUT2D eigenvalue weighted by molar-refractivity contribution is -0.131. The van der Waals surface area contributed by atoms with Gasteiger partial charge in [-0.05, 0) is 35.4 Å². The number of hydrogen-bond donors (Lipinski definition) is 3. The predicted molar refractivity (Wildman–Crippen MR) is 120 cm³/mol. The van der Waals surface area contributed by atoms with Crippen molar-refractivity contribution < 1.29 is 14.4 Å². The zero-order chi connectivity index (χ0) is 22.2. The lowest BCUT2D eigenvalue weighted by Crippen LogP contribution is -2.56. The molecular weight excluding hydrogens is 390 g/mol. The first-order chi connectivity index (χ1) is 15.0. The average Bonchev–Trinajstić information content (AvgIpc) is 2.78. The van der Waals surface area contributed by atoms with E-state index in [-0.39, 0.29) is 17.7 Å². The number of aldehydes is 1. The van der Waals surface area contributed by atoms with Gasteiger partial charge in [-0.1, -0.05) is 68.4 Å². The van der Waals surface area contributed by atoms with Crippen molar-refractivity contribution in [2.75, 3.05) is 0 Å². The van der Waals surface area contributed by atoms with Crippen molar-refractivity contribution in [2.45, 2.75) is 57.8 Å². The standard InChI is InChI=1S/C25H31N3O3/c1-17(2)12-21(16-29)27-25(31)23(13-18-8-4-3-5-9-18)28-24(30)22-14-19-10-6-7-11-20(19)15-26-22/h3-11,16-17,21-23,26H,12-15H2,1-2H3,(H,27,31)(H,28,30)/t21-,22-,23-/m0/s1. The fourth-order valence-electron chi connectivity index (χ4n) is 3.91. The second kappa shape index (κ2) is 10.9.